The minimum absolute atomic E-state index is 0.0900. The second-order valence-electron chi connectivity index (χ2n) is 2.90. The summed E-state index contributed by atoms with van der Waals surface area (Å²) >= 11 is 5.60. The van der Waals surface area contributed by atoms with Crippen molar-refractivity contribution in [3.05, 3.63) is 16.3 Å². The zero-order chi connectivity index (χ0) is 9.84. The maximum Gasteiger partial charge on any atom is 0.263 e. The Morgan fingerprint density at radius 1 is 1.69 bits per heavy atom. The van der Waals surface area contributed by atoms with Crippen LogP contribution in [0.5, 0.6) is 0 Å². The van der Waals surface area contributed by atoms with E-state index >= 15 is 0 Å². The van der Waals surface area contributed by atoms with Crippen molar-refractivity contribution in [3.63, 3.8) is 0 Å². The number of amides is 1. The number of nitrogens with zero attached hydrogens (tertiary/aromatic N) is 1. The highest BCUT2D eigenvalue weighted by molar-refractivity contribution is 7.80. The summed E-state index contributed by atoms with van der Waals surface area (Å²) < 4.78 is 0. The third kappa shape index (κ3) is 2.74. The molecule has 1 amide bonds. The molecule has 0 spiro atoms. The van der Waals surface area contributed by atoms with Gasteiger partial charge in [0.2, 0.25) is 0 Å². The van der Waals surface area contributed by atoms with Gasteiger partial charge in [-0.25, -0.2) is 0 Å². The third-order valence-electron chi connectivity index (χ3n) is 1.70. The average molecular weight is 215 g/mol. The molecule has 0 unspecified atom stereocenters. The number of carbonyl (C=O) groups excluding carboxylic acids is 1. The lowest BCUT2D eigenvalue weighted by Crippen LogP contribution is -2.26. The van der Waals surface area contributed by atoms with Crippen LogP contribution in [0, 0.1) is 0 Å². The molecule has 0 fully saturated rings. The molecule has 4 heteroatoms. The summed E-state index contributed by atoms with van der Waals surface area (Å²) in [7, 11) is 1.82. The van der Waals surface area contributed by atoms with E-state index in [0.29, 0.717) is 0 Å². The molecule has 1 heterocycles. The summed E-state index contributed by atoms with van der Waals surface area (Å²) in [6, 6.07) is 1.81. The molecular formula is C9H13NOS2. The highest BCUT2D eigenvalue weighted by Crippen LogP contribution is 2.18. The molecule has 1 rings (SSSR count). The van der Waals surface area contributed by atoms with Crippen LogP contribution in [0.2, 0.25) is 0 Å². The zero-order valence-corrected chi connectivity index (χ0v) is 9.49. The van der Waals surface area contributed by atoms with Crippen LogP contribution in [0.4, 0.5) is 0 Å². The minimum atomic E-state index is 0.0900. The van der Waals surface area contributed by atoms with Crippen LogP contribution in [0.25, 0.3) is 0 Å². The molecule has 0 atom stereocenters. The van der Waals surface area contributed by atoms with Crippen molar-refractivity contribution in [2.45, 2.75) is 18.2 Å². The molecule has 0 aliphatic carbocycles. The van der Waals surface area contributed by atoms with Crippen molar-refractivity contribution in [1.82, 2.24) is 4.90 Å². The molecule has 13 heavy (non-hydrogen) atoms. The molecule has 0 radical (unpaired) electrons. The standard InChI is InChI=1S/C9H13NOS2/c1-3-4-10(2)9(11)8-5-7(12)6-13-8/h5-6,12H,3-4H2,1-2H3. The Labute approximate surface area is 88.0 Å². The third-order valence-corrected chi connectivity index (χ3v) is 3.05. The predicted octanol–water partition coefficient (Wildman–Crippen LogP) is 2.52. The van der Waals surface area contributed by atoms with Crippen molar-refractivity contribution in [2.75, 3.05) is 13.6 Å². The number of hydrogen-bond acceptors (Lipinski definition) is 3. The fourth-order valence-corrected chi connectivity index (χ4v) is 2.21. The van der Waals surface area contributed by atoms with E-state index in [1.165, 1.54) is 11.3 Å². The van der Waals surface area contributed by atoms with Gasteiger partial charge < -0.3 is 4.90 Å². The van der Waals surface area contributed by atoms with E-state index in [0.717, 1.165) is 22.7 Å². The van der Waals surface area contributed by atoms with Gasteiger partial charge in [-0.15, -0.1) is 24.0 Å². The number of thiol groups is 1. The molecular weight excluding hydrogens is 202 g/mol. The van der Waals surface area contributed by atoms with Crippen molar-refractivity contribution >= 4 is 29.9 Å². The van der Waals surface area contributed by atoms with Crippen LogP contribution in [0.1, 0.15) is 23.0 Å². The SMILES string of the molecule is CCCN(C)C(=O)c1cc(S)cs1. The van der Waals surface area contributed by atoms with Gasteiger partial charge in [0.05, 0.1) is 4.88 Å². The van der Waals surface area contributed by atoms with Gasteiger partial charge in [-0.2, -0.15) is 0 Å². The lowest BCUT2D eigenvalue weighted by molar-refractivity contribution is 0.0799. The first kappa shape index (κ1) is 10.6. The van der Waals surface area contributed by atoms with Crippen LogP contribution in [-0.4, -0.2) is 24.4 Å². The van der Waals surface area contributed by atoms with Gasteiger partial charge in [0.1, 0.15) is 0 Å². The van der Waals surface area contributed by atoms with Gasteiger partial charge in [-0.05, 0) is 12.5 Å². The van der Waals surface area contributed by atoms with Gasteiger partial charge in [-0.1, -0.05) is 6.92 Å². The summed E-state index contributed by atoms with van der Waals surface area (Å²) in [4.78, 5) is 15.0. The summed E-state index contributed by atoms with van der Waals surface area (Å²) in [6.07, 6.45) is 0.987. The van der Waals surface area contributed by atoms with Crippen molar-refractivity contribution in [3.8, 4) is 0 Å². The van der Waals surface area contributed by atoms with E-state index in [-0.39, 0.29) is 5.91 Å². The van der Waals surface area contributed by atoms with Gasteiger partial charge in [-0.3, -0.25) is 4.79 Å². The monoisotopic (exact) mass is 215 g/mol. The van der Waals surface area contributed by atoms with E-state index in [2.05, 4.69) is 19.6 Å². The molecule has 0 bridgehead atoms. The Morgan fingerprint density at radius 2 is 2.38 bits per heavy atom. The first-order valence-corrected chi connectivity index (χ1v) is 5.50. The second kappa shape index (κ2) is 4.67. The molecule has 0 aromatic carbocycles. The summed E-state index contributed by atoms with van der Waals surface area (Å²) in [5.41, 5.74) is 0. The summed E-state index contributed by atoms with van der Waals surface area (Å²) in [5, 5.41) is 1.87. The van der Waals surface area contributed by atoms with Crippen molar-refractivity contribution < 1.29 is 4.79 Å². The average Bonchev–Trinajstić information content (AvgIpc) is 2.51. The first-order chi connectivity index (χ1) is 6.15. The van der Waals surface area contributed by atoms with Crippen molar-refractivity contribution in [2.24, 2.45) is 0 Å². The molecule has 0 aliphatic heterocycles. The Balaban J connectivity index is 2.67. The fraction of sp³-hybridized carbons (Fsp3) is 0.444. The van der Waals surface area contributed by atoms with E-state index in [1.54, 1.807) is 4.90 Å². The minimum Gasteiger partial charge on any atom is -0.341 e. The topological polar surface area (TPSA) is 20.3 Å². The number of rotatable bonds is 3. The molecule has 72 valence electrons. The van der Waals surface area contributed by atoms with Gasteiger partial charge in [0.15, 0.2) is 0 Å². The Kier molecular flexibility index (Phi) is 3.81. The van der Waals surface area contributed by atoms with E-state index < -0.39 is 0 Å². The lowest BCUT2D eigenvalue weighted by Gasteiger charge is -2.14. The van der Waals surface area contributed by atoms with E-state index in [4.69, 9.17) is 0 Å². The highest BCUT2D eigenvalue weighted by Gasteiger charge is 2.12. The largest absolute Gasteiger partial charge is 0.341 e. The normalized spacial score (nSPS) is 10.1. The fourth-order valence-electron chi connectivity index (χ4n) is 1.06. The van der Waals surface area contributed by atoms with Crippen LogP contribution in [0.15, 0.2) is 16.3 Å². The van der Waals surface area contributed by atoms with Gasteiger partial charge in [0.25, 0.3) is 5.91 Å². The van der Waals surface area contributed by atoms with Crippen molar-refractivity contribution in [1.29, 1.82) is 0 Å². The van der Waals surface area contributed by atoms with Crippen LogP contribution in [0.3, 0.4) is 0 Å². The number of hydrogen-bond donors (Lipinski definition) is 1. The van der Waals surface area contributed by atoms with Gasteiger partial charge in [0, 0.05) is 23.9 Å². The zero-order valence-electron chi connectivity index (χ0n) is 7.78. The van der Waals surface area contributed by atoms with E-state index in [1.807, 2.05) is 18.5 Å². The second-order valence-corrected chi connectivity index (χ2v) is 4.32. The summed E-state index contributed by atoms with van der Waals surface area (Å²) in [5.74, 6) is 0.0900. The number of thiophene rings is 1. The Bertz CT molecular complexity index is 296. The van der Waals surface area contributed by atoms with E-state index in [9.17, 15) is 4.79 Å². The maximum absolute atomic E-state index is 11.7. The lowest BCUT2D eigenvalue weighted by atomic mass is 10.4. The smallest absolute Gasteiger partial charge is 0.263 e. The predicted molar refractivity (Wildman–Crippen MR) is 58.8 cm³/mol. The molecule has 0 aliphatic rings. The van der Waals surface area contributed by atoms with Crippen LogP contribution in [-0.2, 0) is 0 Å². The molecule has 0 N–H and O–H groups in total. The number of carbonyl (C=O) groups is 1. The van der Waals surface area contributed by atoms with Crippen LogP contribution < -0.4 is 0 Å². The summed E-state index contributed by atoms with van der Waals surface area (Å²) in [6.45, 7) is 2.86. The highest BCUT2D eigenvalue weighted by atomic mass is 32.1. The van der Waals surface area contributed by atoms with Gasteiger partial charge >= 0.3 is 0 Å². The molecule has 1 aromatic rings. The molecule has 2 nitrogen and oxygen atoms in total. The molecule has 1 aromatic heterocycles. The Hall–Kier alpha value is -0.480. The quantitative estimate of drug-likeness (QED) is 0.768. The molecule has 0 saturated heterocycles. The first-order valence-electron chi connectivity index (χ1n) is 4.18. The molecule has 0 saturated carbocycles. The maximum atomic E-state index is 11.7. The Morgan fingerprint density at radius 3 is 2.85 bits per heavy atom. The van der Waals surface area contributed by atoms with Crippen LogP contribution >= 0.6 is 24.0 Å².